The number of hydrogen-bond donors (Lipinski definition) is 0. The number of furan rings is 1. The summed E-state index contributed by atoms with van der Waals surface area (Å²) in [5.41, 5.74) is 14.4. The van der Waals surface area contributed by atoms with Gasteiger partial charge in [-0.2, -0.15) is 0 Å². The van der Waals surface area contributed by atoms with Gasteiger partial charge in [-0.15, -0.1) is 0 Å². The first-order chi connectivity index (χ1) is 26.3. The Morgan fingerprint density at radius 3 is 2.02 bits per heavy atom. The van der Waals surface area contributed by atoms with E-state index >= 15 is 0 Å². The fourth-order valence-corrected chi connectivity index (χ4v) is 9.51. The average molecular weight is 682 g/mol. The van der Waals surface area contributed by atoms with Crippen molar-refractivity contribution in [2.24, 2.45) is 0 Å². The largest absolute Gasteiger partial charge is 0.456 e. The summed E-state index contributed by atoms with van der Waals surface area (Å²) >= 11 is 0. The second-order valence-corrected chi connectivity index (χ2v) is 14.2. The molecule has 4 heteroatoms. The van der Waals surface area contributed by atoms with Crippen molar-refractivity contribution in [3.63, 3.8) is 0 Å². The van der Waals surface area contributed by atoms with Crippen molar-refractivity contribution < 1.29 is 13.9 Å². The molecule has 8 aromatic rings. The lowest BCUT2D eigenvalue weighted by atomic mass is 9.70. The Balaban J connectivity index is 1.07. The van der Waals surface area contributed by atoms with Gasteiger partial charge in [-0.1, -0.05) is 109 Å². The van der Waals surface area contributed by atoms with Crippen LogP contribution in [0.15, 0.2) is 162 Å². The maximum atomic E-state index is 7.27. The molecular formula is C49H31NO3. The van der Waals surface area contributed by atoms with Gasteiger partial charge in [0.25, 0.3) is 0 Å². The second-order valence-electron chi connectivity index (χ2n) is 14.2. The summed E-state index contributed by atoms with van der Waals surface area (Å²) < 4.78 is 20.5. The average Bonchev–Trinajstić information content (AvgIpc) is 3.85. The summed E-state index contributed by atoms with van der Waals surface area (Å²) in [6.07, 6.45) is 6.31. The summed E-state index contributed by atoms with van der Waals surface area (Å²) in [7, 11) is 0. The third kappa shape index (κ3) is 3.79. The molecule has 0 saturated carbocycles. The Labute approximate surface area is 306 Å². The van der Waals surface area contributed by atoms with E-state index in [2.05, 4.69) is 151 Å². The minimum atomic E-state index is -0.472. The predicted molar refractivity (Wildman–Crippen MR) is 211 cm³/mol. The van der Waals surface area contributed by atoms with Crippen LogP contribution < -0.4 is 14.4 Å². The molecule has 2 heterocycles. The van der Waals surface area contributed by atoms with Crippen molar-refractivity contribution >= 4 is 34.1 Å². The number of para-hydroxylation sites is 2. The lowest BCUT2D eigenvalue weighted by molar-refractivity contribution is 0.361. The SMILES string of the molecule is C1=Cc2oc3cc(N(c4ccccc4)c4cccc5c4Oc4c(ccc6c4-c4ccccc4C64c6ccccc6-c6ccccc64)O5)ccc3c2CC1. The quantitative estimate of drug-likeness (QED) is 0.186. The zero-order valence-electron chi connectivity index (χ0n) is 28.7. The molecule has 1 aromatic heterocycles. The van der Waals surface area contributed by atoms with Crippen LogP contribution in [-0.2, 0) is 11.8 Å². The molecule has 250 valence electrons. The van der Waals surface area contributed by atoms with E-state index in [1.165, 1.54) is 44.3 Å². The Morgan fingerprint density at radius 2 is 1.23 bits per heavy atom. The zero-order valence-corrected chi connectivity index (χ0v) is 28.7. The number of anilines is 3. The lowest BCUT2D eigenvalue weighted by Gasteiger charge is -2.32. The number of hydrogen-bond acceptors (Lipinski definition) is 4. The van der Waals surface area contributed by atoms with E-state index in [-0.39, 0.29) is 0 Å². The molecule has 0 fully saturated rings. The maximum absolute atomic E-state index is 7.27. The van der Waals surface area contributed by atoms with Gasteiger partial charge < -0.3 is 18.8 Å². The van der Waals surface area contributed by atoms with Gasteiger partial charge in [0.15, 0.2) is 23.0 Å². The summed E-state index contributed by atoms with van der Waals surface area (Å²) in [6.45, 7) is 0. The molecule has 3 aliphatic carbocycles. The van der Waals surface area contributed by atoms with Crippen LogP contribution in [0.25, 0.3) is 39.3 Å². The molecule has 53 heavy (non-hydrogen) atoms. The highest BCUT2D eigenvalue weighted by atomic mass is 16.6. The molecule has 0 radical (unpaired) electrons. The number of aryl methyl sites for hydroxylation is 1. The molecule has 4 nitrogen and oxygen atoms in total. The monoisotopic (exact) mass is 681 g/mol. The molecule has 0 amide bonds. The van der Waals surface area contributed by atoms with Crippen LogP contribution in [0, 0.1) is 0 Å². The smallest absolute Gasteiger partial charge is 0.194 e. The Bertz CT molecular complexity index is 2820. The molecule has 0 saturated heterocycles. The van der Waals surface area contributed by atoms with E-state index in [4.69, 9.17) is 13.9 Å². The van der Waals surface area contributed by atoms with Crippen LogP contribution in [0.1, 0.15) is 40.0 Å². The van der Waals surface area contributed by atoms with Gasteiger partial charge in [0.1, 0.15) is 11.3 Å². The number of nitrogens with zero attached hydrogens (tertiary/aromatic N) is 1. The normalized spacial score (nSPS) is 14.6. The van der Waals surface area contributed by atoms with E-state index in [1.54, 1.807) is 0 Å². The topological polar surface area (TPSA) is 34.8 Å². The van der Waals surface area contributed by atoms with Crippen LogP contribution in [0.2, 0.25) is 0 Å². The third-order valence-electron chi connectivity index (χ3n) is 11.6. The van der Waals surface area contributed by atoms with Crippen molar-refractivity contribution in [2.75, 3.05) is 4.90 Å². The van der Waals surface area contributed by atoms with Crippen molar-refractivity contribution in [3.8, 4) is 45.3 Å². The van der Waals surface area contributed by atoms with Gasteiger partial charge in [0.05, 0.1) is 16.8 Å². The highest BCUT2D eigenvalue weighted by molar-refractivity contribution is 5.98. The van der Waals surface area contributed by atoms with Gasteiger partial charge in [-0.05, 0) is 100 Å². The van der Waals surface area contributed by atoms with Crippen LogP contribution in [0.4, 0.5) is 17.1 Å². The minimum Gasteiger partial charge on any atom is -0.456 e. The number of ether oxygens (including phenoxy) is 2. The number of rotatable bonds is 3. The summed E-state index contributed by atoms with van der Waals surface area (Å²) in [6, 6.07) is 54.0. The third-order valence-corrected chi connectivity index (χ3v) is 11.6. The first-order valence-electron chi connectivity index (χ1n) is 18.3. The van der Waals surface area contributed by atoms with E-state index < -0.39 is 5.41 Å². The van der Waals surface area contributed by atoms with Crippen LogP contribution >= 0.6 is 0 Å². The predicted octanol–water partition coefficient (Wildman–Crippen LogP) is 13.1. The molecule has 0 unspecified atom stereocenters. The molecule has 0 N–H and O–H groups in total. The van der Waals surface area contributed by atoms with Gasteiger partial charge in [-0.25, -0.2) is 0 Å². The first kappa shape index (κ1) is 28.9. The van der Waals surface area contributed by atoms with Crippen molar-refractivity contribution in [1.29, 1.82) is 0 Å². The van der Waals surface area contributed by atoms with E-state index in [0.717, 1.165) is 58.1 Å². The highest BCUT2D eigenvalue weighted by Gasteiger charge is 2.53. The van der Waals surface area contributed by atoms with Gasteiger partial charge in [-0.3, -0.25) is 0 Å². The fourth-order valence-electron chi connectivity index (χ4n) is 9.51. The molecule has 12 rings (SSSR count). The summed E-state index contributed by atoms with van der Waals surface area (Å²) in [5.74, 6) is 3.75. The van der Waals surface area contributed by atoms with E-state index in [9.17, 15) is 0 Å². The fraction of sp³-hybridized carbons (Fsp3) is 0.0612. The Hall–Kier alpha value is -6.78. The van der Waals surface area contributed by atoms with Crippen LogP contribution in [0.3, 0.4) is 0 Å². The number of benzene rings is 7. The van der Waals surface area contributed by atoms with Crippen molar-refractivity contribution in [2.45, 2.75) is 18.3 Å². The van der Waals surface area contributed by atoms with E-state index in [1.807, 2.05) is 18.2 Å². The van der Waals surface area contributed by atoms with Crippen LogP contribution in [-0.4, -0.2) is 0 Å². The van der Waals surface area contributed by atoms with E-state index in [0.29, 0.717) is 17.2 Å². The highest BCUT2D eigenvalue weighted by Crippen LogP contribution is 2.66. The minimum absolute atomic E-state index is 0.472. The van der Waals surface area contributed by atoms with Gasteiger partial charge >= 0.3 is 0 Å². The van der Waals surface area contributed by atoms with Crippen molar-refractivity contribution in [1.82, 2.24) is 0 Å². The zero-order chi connectivity index (χ0) is 34.7. The number of allylic oxidation sites excluding steroid dienone is 1. The molecular weight excluding hydrogens is 651 g/mol. The maximum Gasteiger partial charge on any atom is 0.194 e. The first-order valence-corrected chi connectivity index (χ1v) is 18.3. The Morgan fingerprint density at radius 1 is 0.528 bits per heavy atom. The van der Waals surface area contributed by atoms with Gasteiger partial charge in [0.2, 0.25) is 0 Å². The Kier molecular flexibility index (Phi) is 5.79. The molecule has 4 aliphatic rings. The summed E-state index contributed by atoms with van der Waals surface area (Å²) in [5, 5.41) is 1.17. The number of fused-ring (bicyclic) bond motifs is 16. The molecule has 1 aliphatic heterocycles. The van der Waals surface area contributed by atoms with Crippen LogP contribution in [0.5, 0.6) is 23.0 Å². The second kappa shape index (κ2) is 10.6. The molecule has 0 bridgehead atoms. The molecule has 0 atom stereocenters. The van der Waals surface area contributed by atoms with Gasteiger partial charge in [0, 0.05) is 28.3 Å². The molecule has 7 aromatic carbocycles. The van der Waals surface area contributed by atoms with Crippen molar-refractivity contribution in [3.05, 3.63) is 191 Å². The standard InChI is InChI=1S/C49H31NO3/c1-2-13-30(14-3-1)50(31-25-26-35-34-17-7-11-23-42(34)51-45(35)29-31)41-22-12-24-43-47(41)53-48-44(52-43)28-27-40-46(48)36-18-6-10-21-39(36)49(40)37-19-8-4-15-32(37)33-16-5-9-20-38(33)49/h1-6,8-16,18-29H,7,17H2. The lowest BCUT2D eigenvalue weighted by Crippen LogP contribution is -2.25. The summed E-state index contributed by atoms with van der Waals surface area (Å²) in [4.78, 5) is 2.24. The molecule has 1 spiro atoms.